The second-order valence-corrected chi connectivity index (χ2v) is 7.40. The topological polar surface area (TPSA) is 0 Å². The standard InChI is InChI=1S/C14H12Br2/c15-14(16)11-5-4-8-13(14)10-9-12-6-2-1-3-7-12/h1-11,13H/b10-9+. The molecule has 0 heterocycles. The number of hydrogen-bond donors (Lipinski definition) is 0. The maximum atomic E-state index is 3.66. The van der Waals surface area contributed by atoms with Gasteiger partial charge in [-0.25, -0.2) is 0 Å². The second-order valence-electron chi connectivity index (χ2n) is 3.71. The highest BCUT2D eigenvalue weighted by molar-refractivity contribution is 9.25. The number of halogens is 2. The summed E-state index contributed by atoms with van der Waals surface area (Å²) in [5, 5.41) is 0. The van der Waals surface area contributed by atoms with Gasteiger partial charge < -0.3 is 0 Å². The van der Waals surface area contributed by atoms with Crippen molar-refractivity contribution in [3.05, 3.63) is 66.3 Å². The van der Waals surface area contributed by atoms with Crippen molar-refractivity contribution in [1.29, 1.82) is 0 Å². The lowest BCUT2D eigenvalue weighted by molar-refractivity contribution is 0.821. The molecular weight excluding hydrogens is 328 g/mol. The monoisotopic (exact) mass is 338 g/mol. The summed E-state index contributed by atoms with van der Waals surface area (Å²) in [6, 6.07) is 10.3. The summed E-state index contributed by atoms with van der Waals surface area (Å²) in [6.45, 7) is 0. The Bertz CT molecular complexity index is 427. The van der Waals surface area contributed by atoms with Gasteiger partial charge in [0.05, 0.1) is 0 Å². The molecule has 0 spiro atoms. The lowest BCUT2D eigenvalue weighted by Gasteiger charge is -2.24. The smallest absolute Gasteiger partial charge is 0.0751 e. The zero-order chi connectivity index (χ0) is 11.4. The van der Waals surface area contributed by atoms with Gasteiger partial charge in [0.25, 0.3) is 0 Å². The number of hydrogen-bond acceptors (Lipinski definition) is 0. The first-order chi connectivity index (χ1) is 7.68. The molecule has 1 unspecified atom stereocenters. The molecule has 0 nitrogen and oxygen atoms in total. The molecule has 0 bridgehead atoms. The van der Waals surface area contributed by atoms with E-state index in [0.29, 0.717) is 5.92 Å². The van der Waals surface area contributed by atoms with E-state index in [0.717, 1.165) is 0 Å². The van der Waals surface area contributed by atoms with E-state index >= 15 is 0 Å². The third-order valence-corrected chi connectivity index (χ3v) is 4.07. The average Bonchev–Trinajstić information content (AvgIpc) is 2.28. The fourth-order valence-electron chi connectivity index (χ4n) is 1.58. The van der Waals surface area contributed by atoms with E-state index in [-0.39, 0.29) is 3.23 Å². The summed E-state index contributed by atoms with van der Waals surface area (Å²) in [5.41, 5.74) is 1.22. The molecule has 0 amide bonds. The summed E-state index contributed by atoms with van der Waals surface area (Å²) in [5.74, 6) is 0.317. The Kier molecular flexibility index (Phi) is 3.82. The molecule has 1 aliphatic carbocycles. The van der Waals surface area contributed by atoms with E-state index < -0.39 is 0 Å². The van der Waals surface area contributed by atoms with Crippen LogP contribution in [0, 0.1) is 5.92 Å². The average molecular weight is 340 g/mol. The van der Waals surface area contributed by atoms with Crippen LogP contribution in [0.3, 0.4) is 0 Å². The van der Waals surface area contributed by atoms with Crippen LogP contribution < -0.4 is 0 Å². The zero-order valence-corrected chi connectivity index (χ0v) is 11.9. The molecular formula is C14H12Br2. The number of allylic oxidation sites excluding steroid dienone is 5. The highest BCUT2D eigenvalue weighted by Crippen LogP contribution is 2.40. The lowest BCUT2D eigenvalue weighted by atomic mass is 9.99. The number of rotatable bonds is 2. The minimum atomic E-state index is -0.153. The summed E-state index contributed by atoms with van der Waals surface area (Å²) in [4.78, 5) is 0. The first kappa shape index (κ1) is 11.9. The summed E-state index contributed by atoms with van der Waals surface area (Å²) in [7, 11) is 0. The maximum Gasteiger partial charge on any atom is 0.108 e. The Morgan fingerprint density at radius 1 is 1.06 bits per heavy atom. The van der Waals surface area contributed by atoms with Crippen molar-refractivity contribution in [2.75, 3.05) is 0 Å². The van der Waals surface area contributed by atoms with Gasteiger partial charge in [-0.2, -0.15) is 0 Å². The minimum Gasteiger partial charge on any atom is -0.0751 e. The lowest BCUT2D eigenvalue weighted by Crippen LogP contribution is -2.19. The largest absolute Gasteiger partial charge is 0.108 e. The van der Waals surface area contributed by atoms with Gasteiger partial charge in [-0.15, -0.1) is 0 Å². The van der Waals surface area contributed by atoms with Gasteiger partial charge in [0.1, 0.15) is 3.23 Å². The summed E-state index contributed by atoms with van der Waals surface area (Å²) in [6.07, 6.45) is 12.7. The molecule has 16 heavy (non-hydrogen) atoms. The predicted molar refractivity (Wildman–Crippen MR) is 77.8 cm³/mol. The third kappa shape index (κ3) is 2.96. The molecule has 0 N–H and O–H groups in total. The number of alkyl halides is 2. The Hall–Kier alpha value is -0.600. The van der Waals surface area contributed by atoms with Crippen LogP contribution >= 0.6 is 31.9 Å². The van der Waals surface area contributed by atoms with Crippen molar-refractivity contribution in [3.63, 3.8) is 0 Å². The maximum absolute atomic E-state index is 3.66. The van der Waals surface area contributed by atoms with E-state index in [1.165, 1.54) is 5.56 Å². The van der Waals surface area contributed by atoms with Gasteiger partial charge in [-0.3, -0.25) is 0 Å². The van der Waals surface area contributed by atoms with Crippen molar-refractivity contribution < 1.29 is 0 Å². The molecule has 0 saturated heterocycles. The van der Waals surface area contributed by atoms with E-state index in [1.807, 2.05) is 24.3 Å². The van der Waals surface area contributed by atoms with Crippen LogP contribution in [-0.2, 0) is 0 Å². The molecule has 0 fully saturated rings. The first-order valence-corrected chi connectivity index (χ1v) is 6.74. The van der Waals surface area contributed by atoms with Crippen LogP contribution in [0.2, 0.25) is 0 Å². The van der Waals surface area contributed by atoms with Crippen LogP contribution in [0.4, 0.5) is 0 Å². The van der Waals surface area contributed by atoms with Crippen molar-refractivity contribution in [2.24, 2.45) is 5.92 Å². The van der Waals surface area contributed by atoms with Crippen molar-refractivity contribution in [2.45, 2.75) is 3.23 Å². The Labute approximate surface area is 113 Å². The molecule has 2 heteroatoms. The third-order valence-electron chi connectivity index (χ3n) is 2.49. The van der Waals surface area contributed by atoms with E-state index in [2.05, 4.69) is 74.4 Å². The van der Waals surface area contributed by atoms with Gasteiger partial charge in [-0.05, 0) is 5.56 Å². The minimum absolute atomic E-state index is 0.153. The summed E-state index contributed by atoms with van der Waals surface area (Å²) >= 11 is 7.32. The van der Waals surface area contributed by atoms with Crippen LogP contribution in [0.1, 0.15) is 5.56 Å². The van der Waals surface area contributed by atoms with Gasteiger partial charge in [0, 0.05) is 5.92 Å². The molecule has 1 atom stereocenters. The van der Waals surface area contributed by atoms with Gasteiger partial charge in [-0.1, -0.05) is 98.6 Å². The van der Waals surface area contributed by atoms with E-state index in [4.69, 9.17) is 0 Å². The molecule has 1 aromatic carbocycles. The molecule has 1 aliphatic rings. The molecule has 0 aliphatic heterocycles. The van der Waals surface area contributed by atoms with Crippen LogP contribution in [0.5, 0.6) is 0 Å². The molecule has 0 radical (unpaired) electrons. The van der Waals surface area contributed by atoms with E-state index in [1.54, 1.807) is 0 Å². The SMILES string of the molecule is BrC1(Br)C=CC=CC1/C=C/c1ccccc1. The van der Waals surface area contributed by atoms with Crippen LogP contribution in [0.15, 0.2) is 60.7 Å². The fraction of sp³-hybridized carbons (Fsp3) is 0.143. The van der Waals surface area contributed by atoms with Gasteiger partial charge in [0.2, 0.25) is 0 Å². The van der Waals surface area contributed by atoms with Crippen LogP contribution in [-0.4, -0.2) is 3.23 Å². The van der Waals surface area contributed by atoms with Crippen LogP contribution in [0.25, 0.3) is 6.08 Å². The van der Waals surface area contributed by atoms with Crippen molar-refractivity contribution in [3.8, 4) is 0 Å². The molecule has 2 rings (SSSR count). The van der Waals surface area contributed by atoms with Gasteiger partial charge in [0.15, 0.2) is 0 Å². The molecule has 0 saturated carbocycles. The zero-order valence-electron chi connectivity index (χ0n) is 8.68. The molecule has 1 aromatic rings. The quantitative estimate of drug-likeness (QED) is 0.670. The highest BCUT2D eigenvalue weighted by atomic mass is 79.9. The molecule has 82 valence electrons. The highest BCUT2D eigenvalue weighted by Gasteiger charge is 2.28. The predicted octanol–water partition coefficient (Wildman–Crippen LogP) is 4.93. The fourth-order valence-corrected chi connectivity index (χ4v) is 2.49. The second kappa shape index (κ2) is 5.15. The first-order valence-electron chi connectivity index (χ1n) is 5.15. The van der Waals surface area contributed by atoms with E-state index in [9.17, 15) is 0 Å². The van der Waals surface area contributed by atoms with Gasteiger partial charge >= 0.3 is 0 Å². The summed E-state index contributed by atoms with van der Waals surface area (Å²) < 4.78 is -0.153. The number of benzene rings is 1. The normalized spacial score (nSPS) is 22.8. The molecule has 0 aromatic heterocycles. The van der Waals surface area contributed by atoms with Crippen molar-refractivity contribution >= 4 is 37.9 Å². The Balaban J connectivity index is 2.13. The Morgan fingerprint density at radius 2 is 1.81 bits per heavy atom. The Morgan fingerprint density at radius 3 is 2.50 bits per heavy atom. The van der Waals surface area contributed by atoms with Crippen molar-refractivity contribution in [1.82, 2.24) is 0 Å².